The van der Waals surface area contributed by atoms with E-state index in [1.54, 1.807) is 6.20 Å². The molecule has 8 nitrogen and oxygen atoms in total. The van der Waals surface area contributed by atoms with Crippen LogP contribution in [0.3, 0.4) is 0 Å². The van der Waals surface area contributed by atoms with Gasteiger partial charge in [0.15, 0.2) is 5.82 Å². The van der Waals surface area contributed by atoms with E-state index in [0.717, 1.165) is 63.0 Å². The lowest BCUT2D eigenvalue weighted by atomic mass is 10.1. The third-order valence-corrected chi connectivity index (χ3v) is 5.48. The smallest absolute Gasteiger partial charge is 0.321 e. The van der Waals surface area contributed by atoms with Crippen LogP contribution in [-0.4, -0.2) is 73.6 Å². The lowest BCUT2D eigenvalue weighted by Gasteiger charge is -2.36. The Kier molecular flexibility index (Phi) is 6.09. The van der Waals surface area contributed by atoms with Gasteiger partial charge in [-0.3, -0.25) is 0 Å². The van der Waals surface area contributed by atoms with Crippen LogP contribution in [0.25, 0.3) is 0 Å². The number of carbonyl (C=O) groups excluding carboxylic acids is 1. The van der Waals surface area contributed by atoms with E-state index in [0.29, 0.717) is 13.1 Å². The molecule has 0 spiro atoms. The summed E-state index contributed by atoms with van der Waals surface area (Å²) in [6.45, 7) is 8.13. The van der Waals surface area contributed by atoms with E-state index < -0.39 is 0 Å². The molecular weight excluding hydrogens is 368 g/mol. The van der Waals surface area contributed by atoms with Crippen LogP contribution in [0.4, 0.5) is 22.0 Å². The van der Waals surface area contributed by atoms with Gasteiger partial charge in [0.25, 0.3) is 0 Å². The zero-order valence-corrected chi connectivity index (χ0v) is 16.9. The van der Waals surface area contributed by atoms with Crippen molar-refractivity contribution in [2.45, 2.75) is 13.3 Å². The predicted octanol–water partition coefficient (Wildman–Crippen LogP) is 2.23. The highest BCUT2D eigenvalue weighted by Crippen LogP contribution is 2.21. The number of amides is 2. The largest absolute Gasteiger partial charge is 0.378 e. The molecule has 0 aliphatic carbocycles. The number of nitrogens with zero attached hydrogens (tertiary/aromatic N) is 5. The number of aromatic nitrogens is 2. The molecule has 0 bridgehead atoms. The van der Waals surface area contributed by atoms with Gasteiger partial charge in [-0.15, -0.1) is 5.10 Å². The van der Waals surface area contributed by atoms with Gasteiger partial charge in [-0.2, -0.15) is 5.10 Å². The number of piperazine rings is 1. The van der Waals surface area contributed by atoms with Crippen LogP contribution in [0.15, 0.2) is 36.5 Å². The summed E-state index contributed by atoms with van der Waals surface area (Å²) in [5.41, 5.74) is 3.12. The molecule has 4 rings (SSSR count). The summed E-state index contributed by atoms with van der Waals surface area (Å²) in [7, 11) is 0. The number of urea groups is 1. The van der Waals surface area contributed by atoms with E-state index in [9.17, 15) is 4.79 Å². The third-order valence-electron chi connectivity index (χ3n) is 5.48. The Morgan fingerprint density at radius 2 is 1.86 bits per heavy atom. The van der Waals surface area contributed by atoms with Crippen molar-refractivity contribution in [2.24, 2.45) is 0 Å². The number of nitrogens with one attached hydrogen (secondary N) is 1. The summed E-state index contributed by atoms with van der Waals surface area (Å²) < 4.78 is 5.41. The second kappa shape index (κ2) is 9.09. The Balaban J connectivity index is 1.33. The first-order chi connectivity index (χ1) is 14.2. The number of aryl methyl sites for hydroxylation is 1. The molecule has 2 saturated heterocycles. The summed E-state index contributed by atoms with van der Waals surface area (Å²) in [4.78, 5) is 19.0. The minimum atomic E-state index is -0.0419. The molecule has 0 saturated carbocycles. The van der Waals surface area contributed by atoms with E-state index in [-0.39, 0.29) is 6.03 Å². The average Bonchev–Trinajstić information content (AvgIpc) is 2.80. The van der Waals surface area contributed by atoms with Gasteiger partial charge in [-0.1, -0.05) is 19.1 Å². The van der Waals surface area contributed by atoms with Crippen LogP contribution in [-0.2, 0) is 11.2 Å². The highest BCUT2D eigenvalue weighted by atomic mass is 16.5. The van der Waals surface area contributed by atoms with Gasteiger partial charge in [-0.05, 0) is 24.1 Å². The van der Waals surface area contributed by atoms with E-state index in [1.807, 2.05) is 23.1 Å². The van der Waals surface area contributed by atoms with Crippen LogP contribution < -0.4 is 15.1 Å². The van der Waals surface area contributed by atoms with Gasteiger partial charge in [0.05, 0.1) is 25.1 Å². The molecule has 0 unspecified atom stereocenters. The lowest BCUT2D eigenvalue weighted by molar-refractivity contribution is 0.122. The van der Waals surface area contributed by atoms with Crippen molar-refractivity contribution in [2.75, 3.05) is 67.6 Å². The van der Waals surface area contributed by atoms with Crippen LogP contribution in [0.1, 0.15) is 12.5 Å². The number of hydrogen-bond donors (Lipinski definition) is 1. The number of ether oxygens (including phenoxy) is 1. The summed E-state index contributed by atoms with van der Waals surface area (Å²) in [5.74, 6) is 0.891. The van der Waals surface area contributed by atoms with Crippen molar-refractivity contribution in [3.63, 3.8) is 0 Å². The molecule has 2 aromatic rings. The van der Waals surface area contributed by atoms with Gasteiger partial charge < -0.3 is 24.8 Å². The number of hydrogen-bond acceptors (Lipinski definition) is 6. The van der Waals surface area contributed by atoms with Crippen LogP contribution >= 0.6 is 0 Å². The molecule has 1 N–H and O–H groups in total. The SMILES string of the molecule is CCc1cccc(NC(=O)N2CCN(c3cnnc(N4CCOCC4)c3)CC2)c1. The zero-order chi connectivity index (χ0) is 20.1. The first-order valence-electron chi connectivity index (χ1n) is 10.3. The minimum Gasteiger partial charge on any atom is -0.378 e. The van der Waals surface area contributed by atoms with Gasteiger partial charge in [0, 0.05) is 51.0 Å². The van der Waals surface area contributed by atoms with Gasteiger partial charge >= 0.3 is 6.03 Å². The Hall–Kier alpha value is -2.87. The van der Waals surface area contributed by atoms with Crippen LogP contribution in [0, 0.1) is 0 Å². The Labute approximate surface area is 171 Å². The van der Waals surface area contributed by atoms with E-state index in [2.05, 4.69) is 44.4 Å². The number of anilines is 3. The topological polar surface area (TPSA) is 73.8 Å². The fourth-order valence-electron chi connectivity index (χ4n) is 3.70. The second-order valence-electron chi connectivity index (χ2n) is 7.33. The van der Waals surface area contributed by atoms with E-state index >= 15 is 0 Å². The maximum absolute atomic E-state index is 12.6. The van der Waals surface area contributed by atoms with Crippen molar-refractivity contribution in [3.8, 4) is 0 Å². The standard InChI is InChI=1S/C21H28N6O2/c1-2-17-4-3-5-18(14-17)23-21(28)27-8-6-25(7-9-27)19-15-20(24-22-16-19)26-10-12-29-13-11-26/h3-5,14-16H,2,6-13H2,1H3,(H,23,28). The highest BCUT2D eigenvalue weighted by molar-refractivity contribution is 5.89. The van der Waals surface area contributed by atoms with Gasteiger partial charge in [-0.25, -0.2) is 4.79 Å². The maximum Gasteiger partial charge on any atom is 0.321 e. The predicted molar refractivity (Wildman–Crippen MR) is 114 cm³/mol. The second-order valence-corrected chi connectivity index (χ2v) is 7.33. The van der Waals surface area contributed by atoms with E-state index in [1.165, 1.54) is 5.56 Å². The van der Waals surface area contributed by atoms with Crippen molar-refractivity contribution >= 4 is 23.2 Å². The van der Waals surface area contributed by atoms with Crippen molar-refractivity contribution in [3.05, 3.63) is 42.1 Å². The van der Waals surface area contributed by atoms with Crippen molar-refractivity contribution in [1.29, 1.82) is 0 Å². The van der Waals surface area contributed by atoms with Crippen molar-refractivity contribution in [1.82, 2.24) is 15.1 Å². The number of benzene rings is 1. The summed E-state index contributed by atoms with van der Waals surface area (Å²) in [6.07, 6.45) is 2.75. The zero-order valence-electron chi connectivity index (χ0n) is 16.9. The van der Waals surface area contributed by atoms with Crippen LogP contribution in [0.2, 0.25) is 0 Å². The molecule has 0 atom stereocenters. The molecule has 154 valence electrons. The fourth-order valence-corrected chi connectivity index (χ4v) is 3.70. The Bertz CT molecular complexity index is 831. The molecule has 8 heteroatoms. The lowest BCUT2D eigenvalue weighted by Crippen LogP contribution is -2.50. The number of morpholine rings is 1. The maximum atomic E-state index is 12.6. The summed E-state index contributed by atoms with van der Waals surface area (Å²) in [6, 6.07) is 10.1. The molecule has 2 aliphatic heterocycles. The highest BCUT2D eigenvalue weighted by Gasteiger charge is 2.22. The Morgan fingerprint density at radius 1 is 1.07 bits per heavy atom. The molecule has 3 heterocycles. The van der Waals surface area contributed by atoms with E-state index in [4.69, 9.17) is 4.74 Å². The molecule has 2 amide bonds. The first-order valence-corrected chi connectivity index (χ1v) is 10.3. The van der Waals surface area contributed by atoms with Gasteiger partial charge in [0.2, 0.25) is 0 Å². The quantitative estimate of drug-likeness (QED) is 0.854. The first kappa shape index (κ1) is 19.4. The number of carbonyl (C=O) groups is 1. The Morgan fingerprint density at radius 3 is 2.62 bits per heavy atom. The van der Waals surface area contributed by atoms with Gasteiger partial charge in [0.1, 0.15) is 0 Å². The summed E-state index contributed by atoms with van der Waals surface area (Å²) in [5, 5.41) is 11.5. The monoisotopic (exact) mass is 396 g/mol. The summed E-state index contributed by atoms with van der Waals surface area (Å²) >= 11 is 0. The molecular formula is C21H28N6O2. The number of rotatable bonds is 4. The molecule has 1 aromatic heterocycles. The normalized spacial score (nSPS) is 17.3. The minimum absolute atomic E-state index is 0.0419. The third kappa shape index (κ3) is 4.76. The van der Waals surface area contributed by atoms with Crippen LogP contribution in [0.5, 0.6) is 0 Å². The molecule has 1 aromatic carbocycles. The molecule has 29 heavy (non-hydrogen) atoms. The average molecular weight is 396 g/mol. The molecule has 0 radical (unpaired) electrons. The molecule has 2 fully saturated rings. The van der Waals surface area contributed by atoms with Crippen molar-refractivity contribution < 1.29 is 9.53 Å². The molecule has 2 aliphatic rings. The fraction of sp³-hybridized carbons (Fsp3) is 0.476.